The minimum Gasteiger partial charge on any atom is -0.387 e. The van der Waals surface area contributed by atoms with Gasteiger partial charge in [0.15, 0.2) is 0 Å². The fraction of sp³-hybridized carbons (Fsp3) is 0.590. The quantitative estimate of drug-likeness (QED) is 0.0243. The number of nitrogens with one attached hydrogen (secondary N) is 1. The summed E-state index contributed by atoms with van der Waals surface area (Å²) in [5.41, 5.74) is 0. The third-order valence-electron chi connectivity index (χ3n) is 11.0. The van der Waals surface area contributed by atoms with Gasteiger partial charge in [-0.15, -0.1) is 0 Å². The summed E-state index contributed by atoms with van der Waals surface area (Å²) < 4.78 is 23.6. The van der Waals surface area contributed by atoms with Crippen LogP contribution < -0.4 is 5.32 Å². The number of phosphoric acid groups is 1. The molecular formula is C61H102N2O6P+. The van der Waals surface area contributed by atoms with E-state index in [1.807, 2.05) is 27.2 Å². The number of nitrogens with zero attached hydrogens (tertiary/aromatic N) is 1. The van der Waals surface area contributed by atoms with Crippen molar-refractivity contribution in [3.05, 3.63) is 146 Å². The number of carbonyl (C=O) groups excluding carboxylic acids is 1. The monoisotopic (exact) mass is 990 g/mol. The van der Waals surface area contributed by atoms with E-state index in [2.05, 4.69) is 153 Å². The Morgan fingerprint density at radius 3 is 1.31 bits per heavy atom. The fourth-order valence-corrected chi connectivity index (χ4v) is 7.51. The van der Waals surface area contributed by atoms with Crippen LogP contribution in [-0.2, 0) is 18.4 Å². The van der Waals surface area contributed by atoms with Gasteiger partial charge in [0, 0.05) is 6.42 Å². The molecule has 0 spiro atoms. The second kappa shape index (κ2) is 50.3. The van der Waals surface area contributed by atoms with Crippen LogP contribution in [0.5, 0.6) is 0 Å². The summed E-state index contributed by atoms with van der Waals surface area (Å²) in [6, 6.07) is -0.913. The topological polar surface area (TPSA) is 105 Å². The summed E-state index contributed by atoms with van der Waals surface area (Å²) in [5, 5.41) is 13.8. The number of hydrogen-bond acceptors (Lipinski definition) is 5. The van der Waals surface area contributed by atoms with Crippen LogP contribution in [0.25, 0.3) is 0 Å². The average Bonchev–Trinajstić information content (AvgIpc) is 3.32. The van der Waals surface area contributed by atoms with Gasteiger partial charge in [-0.05, 0) is 109 Å². The number of likely N-dealkylation sites (N-methyl/N-ethyl adjacent to an activating group) is 1. The van der Waals surface area contributed by atoms with E-state index in [-0.39, 0.29) is 25.5 Å². The highest BCUT2D eigenvalue weighted by Crippen LogP contribution is 2.43. The molecule has 0 aliphatic rings. The van der Waals surface area contributed by atoms with E-state index in [9.17, 15) is 19.4 Å². The normalized spacial score (nSPS) is 15.1. The molecule has 0 fully saturated rings. The molecular weight excluding hydrogens is 888 g/mol. The lowest BCUT2D eigenvalue weighted by atomic mass is 10.1. The SMILES string of the molecule is CC/C=C\C/C=C\C/C=C\C/C=C\C/C=C\C/C=C\C/C=C\C/C=C\C/C=C\CCCC(=O)NC(COP(=O)(O)OCC[N+](C)(C)C)C(O)/C=C/CC/C=C/CC/C=C/CCCCCCCCCCC. The van der Waals surface area contributed by atoms with Crippen molar-refractivity contribution in [1.82, 2.24) is 5.32 Å². The van der Waals surface area contributed by atoms with Crippen LogP contribution in [-0.4, -0.2) is 73.4 Å². The number of allylic oxidation sites excluding steroid dienone is 23. The number of aliphatic hydroxyl groups excluding tert-OH is 1. The van der Waals surface area contributed by atoms with E-state index in [0.717, 1.165) is 89.9 Å². The Bertz CT molecular complexity index is 1640. The summed E-state index contributed by atoms with van der Waals surface area (Å²) >= 11 is 0. The molecule has 396 valence electrons. The van der Waals surface area contributed by atoms with Crippen LogP contribution in [0.3, 0.4) is 0 Å². The Labute approximate surface area is 429 Å². The lowest BCUT2D eigenvalue weighted by molar-refractivity contribution is -0.870. The van der Waals surface area contributed by atoms with Gasteiger partial charge >= 0.3 is 7.82 Å². The van der Waals surface area contributed by atoms with Gasteiger partial charge in [-0.1, -0.05) is 211 Å². The lowest BCUT2D eigenvalue weighted by Gasteiger charge is -2.25. The summed E-state index contributed by atoms with van der Waals surface area (Å²) in [5.74, 6) is -0.256. The van der Waals surface area contributed by atoms with E-state index < -0.39 is 20.0 Å². The lowest BCUT2D eigenvalue weighted by Crippen LogP contribution is -2.45. The van der Waals surface area contributed by atoms with Crippen molar-refractivity contribution in [2.24, 2.45) is 0 Å². The van der Waals surface area contributed by atoms with Gasteiger partial charge < -0.3 is 19.8 Å². The first kappa shape index (κ1) is 66.4. The minimum atomic E-state index is -4.38. The smallest absolute Gasteiger partial charge is 0.387 e. The number of aliphatic hydroxyl groups is 1. The first-order valence-corrected chi connectivity index (χ1v) is 28.7. The van der Waals surface area contributed by atoms with Crippen LogP contribution in [0, 0.1) is 0 Å². The molecule has 0 aromatic rings. The highest BCUT2D eigenvalue weighted by atomic mass is 31.2. The number of quaternary nitrogens is 1. The van der Waals surface area contributed by atoms with E-state index in [1.165, 1.54) is 64.2 Å². The van der Waals surface area contributed by atoms with Gasteiger partial charge in [-0.25, -0.2) is 4.57 Å². The molecule has 9 heteroatoms. The molecule has 0 aliphatic carbocycles. The van der Waals surface area contributed by atoms with Crippen molar-refractivity contribution in [2.45, 2.75) is 193 Å². The molecule has 3 N–H and O–H groups in total. The zero-order valence-corrected chi connectivity index (χ0v) is 45.8. The largest absolute Gasteiger partial charge is 0.472 e. The van der Waals surface area contributed by atoms with Crippen LogP contribution >= 0.6 is 7.82 Å². The molecule has 0 aliphatic heterocycles. The number of phosphoric ester groups is 1. The maximum Gasteiger partial charge on any atom is 0.472 e. The second-order valence-corrected chi connectivity index (χ2v) is 20.3. The van der Waals surface area contributed by atoms with Crippen LogP contribution in [0.4, 0.5) is 0 Å². The molecule has 0 saturated heterocycles. The predicted molar refractivity (Wildman–Crippen MR) is 304 cm³/mol. The van der Waals surface area contributed by atoms with Crippen molar-refractivity contribution < 1.29 is 32.9 Å². The van der Waals surface area contributed by atoms with Crippen molar-refractivity contribution in [1.29, 1.82) is 0 Å². The van der Waals surface area contributed by atoms with Crippen LogP contribution in [0.15, 0.2) is 146 Å². The average molecular weight is 990 g/mol. The summed E-state index contributed by atoms with van der Waals surface area (Å²) in [6.45, 7) is 4.60. The Balaban J connectivity index is 4.49. The molecule has 70 heavy (non-hydrogen) atoms. The molecule has 0 aromatic heterocycles. The van der Waals surface area contributed by atoms with Gasteiger partial charge in [0.1, 0.15) is 13.2 Å². The Hall–Kier alpha value is -3.62. The minimum absolute atomic E-state index is 0.0337. The first-order valence-electron chi connectivity index (χ1n) is 27.2. The molecule has 0 saturated carbocycles. The third-order valence-corrected chi connectivity index (χ3v) is 12.0. The third kappa shape index (κ3) is 52.2. The molecule has 3 atom stereocenters. The maximum atomic E-state index is 12.9. The molecule has 3 unspecified atom stereocenters. The van der Waals surface area contributed by atoms with Crippen molar-refractivity contribution in [2.75, 3.05) is 40.9 Å². The molecule has 0 bridgehead atoms. The van der Waals surface area contributed by atoms with Gasteiger partial charge in [0.25, 0.3) is 0 Å². The number of carbonyl (C=O) groups is 1. The van der Waals surface area contributed by atoms with Crippen LogP contribution in [0.1, 0.15) is 181 Å². The summed E-state index contributed by atoms with van der Waals surface area (Å²) in [4.78, 5) is 23.2. The number of amides is 1. The van der Waals surface area contributed by atoms with Gasteiger partial charge in [-0.3, -0.25) is 13.8 Å². The first-order chi connectivity index (χ1) is 34.0. The van der Waals surface area contributed by atoms with E-state index in [1.54, 1.807) is 6.08 Å². The molecule has 0 aromatic carbocycles. The van der Waals surface area contributed by atoms with Crippen LogP contribution in [0.2, 0.25) is 0 Å². The van der Waals surface area contributed by atoms with Crippen molar-refractivity contribution in [3.8, 4) is 0 Å². The predicted octanol–water partition coefficient (Wildman–Crippen LogP) is 16.5. The Kier molecular flexibility index (Phi) is 47.7. The second-order valence-electron chi connectivity index (χ2n) is 18.8. The van der Waals surface area contributed by atoms with Gasteiger partial charge in [0.2, 0.25) is 5.91 Å². The standard InChI is InChI=1S/C61H101N2O6P/c1-6-8-10-12-14-16-18-20-22-24-26-27-28-29-30-31-32-33-34-35-37-39-41-43-45-47-49-51-53-55-61(65)62-59(58-69-70(66,67)68-57-56-63(3,4)5)60(64)54-52-50-48-46-44-42-40-38-36-25-23-21-19-17-15-13-11-9-7-2/h8,10,14,16,20,22,26-27,29-30,32-33,35-38,41,43-44,46-47,49,52,54,59-60,64H,6-7,9,11-13,15,17-19,21,23-25,28,31,34,39-40,42,45,48,50-51,53,55-58H2,1-5H3,(H-,62,65,66,67)/p+1/b10-8-,16-14-,22-20-,27-26-,30-29-,33-32-,37-35-,38-36+,43-41-,46-44+,49-47-,54-52+. The van der Waals surface area contributed by atoms with E-state index in [4.69, 9.17) is 9.05 Å². The number of unbranched alkanes of at least 4 members (excludes halogenated alkanes) is 12. The Morgan fingerprint density at radius 1 is 0.500 bits per heavy atom. The zero-order chi connectivity index (χ0) is 51.3. The summed E-state index contributed by atoms with van der Waals surface area (Å²) in [6.07, 6.45) is 78.1. The molecule has 1 amide bonds. The van der Waals surface area contributed by atoms with E-state index in [0.29, 0.717) is 17.4 Å². The van der Waals surface area contributed by atoms with E-state index >= 15 is 0 Å². The Morgan fingerprint density at radius 2 is 0.871 bits per heavy atom. The molecule has 0 radical (unpaired) electrons. The number of rotatable bonds is 47. The molecule has 0 heterocycles. The zero-order valence-electron chi connectivity index (χ0n) is 44.9. The fourth-order valence-electron chi connectivity index (χ4n) is 6.78. The highest BCUT2D eigenvalue weighted by Gasteiger charge is 2.27. The van der Waals surface area contributed by atoms with Gasteiger partial charge in [-0.2, -0.15) is 0 Å². The van der Waals surface area contributed by atoms with Crippen molar-refractivity contribution in [3.63, 3.8) is 0 Å². The molecule has 0 rings (SSSR count). The van der Waals surface area contributed by atoms with Gasteiger partial charge in [0.05, 0.1) is 39.9 Å². The summed E-state index contributed by atoms with van der Waals surface area (Å²) in [7, 11) is 1.48. The highest BCUT2D eigenvalue weighted by molar-refractivity contribution is 7.47. The van der Waals surface area contributed by atoms with Crippen molar-refractivity contribution >= 4 is 13.7 Å². The molecule has 8 nitrogen and oxygen atoms in total. The maximum absolute atomic E-state index is 12.9. The number of hydrogen-bond donors (Lipinski definition) is 3.